The van der Waals surface area contributed by atoms with Crippen LogP contribution in [0.5, 0.6) is 5.88 Å². The highest BCUT2D eigenvalue weighted by Crippen LogP contribution is 2.27. The number of pyridine rings is 1. The molecule has 0 radical (unpaired) electrons. The first-order valence-corrected chi connectivity index (χ1v) is 9.70. The lowest BCUT2D eigenvalue weighted by Gasteiger charge is -2.29. The molecule has 1 atom stereocenters. The Hall–Kier alpha value is -2.88. The first-order valence-electron chi connectivity index (χ1n) is 9.70. The van der Waals surface area contributed by atoms with Crippen LogP contribution in [0.2, 0.25) is 0 Å². The molecule has 2 heterocycles. The molecule has 8 nitrogen and oxygen atoms in total. The molecular weight excluding hydrogens is 398 g/mol. The second-order valence-electron chi connectivity index (χ2n) is 7.12. The fraction of sp³-hybridized carbons (Fsp3) is 0.500. The van der Waals surface area contributed by atoms with E-state index in [2.05, 4.69) is 25.0 Å². The number of hydrogen-bond donors (Lipinski definition) is 1. The summed E-state index contributed by atoms with van der Waals surface area (Å²) >= 11 is 0. The monoisotopic (exact) mass is 422 g/mol. The number of carbonyl (C=O) groups excluding carboxylic acids is 1. The molecule has 2 aromatic heterocycles. The number of ether oxygens (including phenoxy) is 3. The number of rotatable bonds is 7. The van der Waals surface area contributed by atoms with Gasteiger partial charge < -0.3 is 19.5 Å². The molecule has 10 heteroatoms. The van der Waals surface area contributed by atoms with Crippen molar-refractivity contribution in [1.29, 1.82) is 0 Å². The molecule has 0 saturated heterocycles. The van der Waals surface area contributed by atoms with Crippen LogP contribution in [0.25, 0.3) is 11.4 Å². The molecule has 2 aromatic rings. The van der Waals surface area contributed by atoms with E-state index in [9.17, 15) is 13.6 Å². The van der Waals surface area contributed by atoms with Crippen molar-refractivity contribution in [2.24, 2.45) is 0 Å². The Morgan fingerprint density at radius 3 is 2.43 bits per heavy atom. The Morgan fingerprint density at radius 2 is 1.80 bits per heavy atom. The molecule has 30 heavy (non-hydrogen) atoms. The van der Waals surface area contributed by atoms with Crippen LogP contribution < -0.4 is 10.1 Å². The van der Waals surface area contributed by atoms with Crippen LogP contribution in [0, 0.1) is 11.6 Å². The Morgan fingerprint density at radius 1 is 1.13 bits per heavy atom. The van der Waals surface area contributed by atoms with Crippen LogP contribution in [0.3, 0.4) is 0 Å². The topological polar surface area (TPSA) is 95.5 Å². The average molecular weight is 422 g/mol. The van der Waals surface area contributed by atoms with E-state index in [4.69, 9.17) is 9.47 Å². The van der Waals surface area contributed by atoms with Crippen molar-refractivity contribution in [3.8, 4) is 17.3 Å². The van der Waals surface area contributed by atoms with Crippen molar-refractivity contribution in [3.05, 3.63) is 36.3 Å². The molecule has 1 fully saturated rings. The maximum absolute atomic E-state index is 14.4. The number of nitrogens with zero attached hydrogens (tertiary/aromatic N) is 3. The summed E-state index contributed by atoms with van der Waals surface area (Å²) in [5, 5.41) is 2.65. The van der Waals surface area contributed by atoms with Crippen LogP contribution in [0.15, 0.2) is 24.7 Å². The molecule has 162 valence electrons. The van der Waals surface area contributed by atoms with Crippen molar-refractivity contribution in [1.82, 2.24) is 20.3 Å². The summed E-state index contributed by atoms with van der Waals surface area (Å²) in [5.41, 5.74) is 0.339. The Balaban J connectivity index is 1.46. The highest BCUT2D eigenvalue weighted by molar-refractivity contribution is 5.67. The molecule has 3 rings (SSSR count). The third kappa shape index (κ3) is 6.06. The van der Waals surface area contributed by atoms with Crippen LogP contribution in [0.4, 0.5) is 13.6 Å². The second-order valence-corrected chi connectivity index (χ2v) is 7.12. The zero-order chi connectivity index (χ0) is 21.5. The first-order chi connectivity index (χ1) is 14.4. The van der Waals surface area contributed by atoms with E-state index in [-0.39, 0.29) is 30.0 Å². The quantitative estimate of drug-likeness (QED) is 0.732. The van der Waals surface area contributed by atoms with Crippen molar-refractivity contribution in [3.63, 3.8) is 0 Å². The largest absolute Gasteiger partial charge is 0.472 e. The Labute approximate surface area is 173 Å². The zero-order valence-corrected chi connectivity index (χ0v) is 16.8. The fourth-order valence-corrected chi connectivity index (χ4v) is 3.15. The summed E-state index contributed by atoms with van der Waals surface area (Å²) in [6, 6.07) is 1.06. The number of hydrogen-bond acceptors (Lipinski definition) is 7. The van der Waals surface area contributed by atoms with E-state index in [1.165, 1.54) is 19.4 Å². The smallest absolute Gasteiger partial charge is 0.407 e. The maximum atomic E-state index is 14.4. The lowest BCUT2D eigenvalue weighted by Crippen LogP contribution is -2.38. The van der Waals surface area contributed by atoms with Gasteiger partial charge in [-0.05, 0) is 38.7 Å². The lowest BCUT2D eigenvalue weighted by atomic mass is 9.95. The number of nitrogens with one attached hydrogen (secondary N) is 1. The van der Waals surface area contributed by atoms with E-state index in [1.807, 2.05) is 6.92 Å². The molecular formula is C20H24F2N4O4. The van der Waals surface area contributed by atoms with Gasteiger partial charge in [0.2, 0.25) is 0 Å². The minimum atomic E-state index is -0.624. The van der Waals surface area contributed by atoms with E-state index >= 15 is 0 Å². The highest BCUT2D eigenvalue weighted by atomic mass is 19.1. The van der Waals surface area contributed by atoms with Crippen LogP contribution >= 0.6 is 0 Å². The van der Waals surface area contributed by atoms with Gasteiger partial charge in [0.05, 0.1) is 38.3 Å². The second kappa shape index (κ2) is 10.2. The molecule has 1 N–H and O–H groups in total. The minimum absolute atomic E-state index is 0.0579. The molecule has 0 unspecified atom stereocenters. The summed E-state index contributed by atoms with van der Waals surface area (Å²) in [6.07, 6.45) is 5.76. The molecule has 1 aliphatic rings. The summed E-state index contributed by atoms with van der Waals surface area (Å²) in [4.78, 5) is 22.8. The van der Waals surface area contributed by atoms with E-state index in [0.29, 0.717) is 25.0 Å². The normalized spacial score (nSPS) is 19.7. The minimum Gasteiger partial charge on any atom is -0.472 e. The molecule has 0 spiro atoms. The molecule has 0 bridgehead atoms. The summed E-state index contributed by atoms with van der Waals surface area (Å²) in [6.45, 7) is 2.22. The van der Waals surface area contributed by atoms with Gasteiger partial charge in [-0.15, -0.1) is 0 Å². The third-order valence-electron chi connectivity index (χ3n) is 4.72. The van der Waals surface area contributed by atoms with Crippen LogP contribution in [-0.2, 0) is 9.47 Å². The maximum Gasteiger partial charge on any atom is 0.407 e. The predicted molar refractivity (Wildman–Crippen MR) is 103 cm³/mol. The predicted octanol–water partition coefficient (Wildman–Crippen LogP) is 3.27. The van der Waals surface area contributed by atoms with Gasteiger partial charge in [0.15, 0.2) is 17.5 Å². The number of amides is 1. The Kier molecular flexibility index (Phi) is 7.45. The van der Waals surface area contributed by atoms with Crippen LogP contribution in [0.1, 0.15) is 32.6 Å². The number of alkyl carbamates (subject to hydrolysis) is 1. The van der Waals surface area contributed by atoms with Crippen LogP contribution in [-0.4, -0.2) is 53.0 Å². The van der Waals surface area contributed by atoms with Gasteiger partial charge in [0.1, 0.15) is 6.10 Å². The summed E-state index contributed by atoms with van der Waals surface area (Å²) in [7, 11) is 1.31. The van der Waals surface area contributed by atoms with Crippen molar-refractivity contribution in [2.45, 2.75) is 50.9 Å². The van der Waals surface area contributed by atoms with Gasteiger partial charge in [-0.1, -0.05) is 0 Å². The number of methoxy groups -OCH3 is 1. The molecule has 1 amide bonds. The molecule has 0 aromatic carbocycles. The number of halogens is 2. The average Bonchev–Trinajstić information content (AvgIpc) is 2.75. The van der Waals surface area contributed by atoms with Gasteiger partial charge in [-0.3, -0.25) is 0 Å². The Bertz CT molecular complexity index is 845. The molecule has 1 aliphatic carbocycles. The van der Waals surface area contributed by atoms with Crippen molar-refractivity contribution in [2.75, 3.05) is 13.7 Å². The van der Waals surface area contributed by atoms with Crippen molar-refractivity contribution < 1.29 is 27.8 Å². The van der Waals surface area contributed by atoms with Gasteiger partial charge in [0.25, 0.3) is 5.88 Å². The van der Waals surface area contributed by atoms with Gasteiger partial charge in [-0.2, -0.15) is 0 Å². The molecule has 0 aliphatic heterocycles. The van der Waals surface area contributed by atoms with E-state index in [0.717, 1.165) is 25.2 Å². The standard InChI is InChI=1S/C20H24F2N4O4/c1-12(26-20(27)28-2)11-29-15-3-5-16(6-4-15)30-19-17(22)7-13(8-25-19)18-23-9-14(21)10-24-18/h7-10,12,15-16H,3-6,11H2,1-2H3,(H,26,27)/t12-,15?,16?/m0/s1. The SMILES string of the molecule is COC(=O)N[C@@H](C)COC1CCC(Oc2ncc(-c3ncc(F)cn3)cc2F)CC1. The van der Waals surface area contributed by atoms with E-state index < -0.39 is 17.7 Å². The fourth-order valence-electron chi connectivity index (χ4n) is 3.15. The van der Waals surface area contributed by atoms with Gasteiger partial charge in [-0.25, -0.2) is 28.5 Å². The molecule has 1 saturated carbocycles. The van der Waals surface area contributed by atoms with Gasteiger partial charge in [0, 0.05) is 11.8 Å². The lowest BCUT2D eigenvalue weighted by molar-refractivity contribution is -0.00586. The summed E-state index contributed by atoms with van der Waals surface area (Å²) < 4.78 is 43.4. The first kappa shape index (κ1) is 21.8. The van der Waals surface area contributed by atoms with E-state index in [1.54, 1.807) is 0 Å². The third-order valence-corrected chi connectivity index (χ3v) is 4.72. The number of aromatic nitrogens is 3. The highest BCUT2D eigenvalue weighted by Gasteiger charge is 2.25. The van der Waals surface area contributed by atoms with Crippen molar-refractivity contribution >= 4 is 6.09 Å². The number of carbonyl (C=O) groups is 1. The summed E-state index contributed by atoms with van der Waals surface area (Å²) in [5.74, 6) is -1.09. The zero-order valence-electron chi connectivity index (χ0n) is 16.8. The van der Waals surface area contributed by atoms with Gasteiger partial charge >= 0.3 is 6.09 Å².